The van der Waals surface area contributed by atoms with E-state index in [0.717, 1.165) is 12.1 Å². The Morgan fingerprint density at radius 2 is 2.05 bits per heavy atom. The summed E-state index contributed by atoms with van der Waals surface area (Å²) < 4.78 is 50.8. The van der Waals surface area contributed by atoms with Gasteiger partial charge in [-0.25, -0.2) is 4.39 Å². The van der Waals surface area contributed by atoms with Crippen LogP contribution in [0.5, 0.6) is 0 Å². The van der Waals surface area contributed by atoms with Crippen LogP contribution in [0.4, 0.5) is 17.6 Å². The van der Waals surface area contributed by atoms with Gasteiger partial charge in [-0.2, -0.15) is 13.2 Å². The van der Waals surface area contributed by atoms with Crippen LogP contribution in [0.15, 0.2) is 18.2 Å². The number of benzene rings is 1. The first kappa shape index (κ1) is 15.4. The van der Waals surface area contributed by atoms with E-state index in [4.69, 9.17) is 5.11 Å². The summed E-state index contributed by atoms with van der Waals surface area (Å²) in [5, 5.41) is 11.0. The molecule has 0 bridgehead atoms. The Morgan fingerprint density at radius 3 is 2.58 bits per heavy atom. The van der Waals surface area contributed by atoms with Gasteiger partial charge in [0.15, 0.2) is 0 Å². The van der Waals surface area contributed by atoms with Crippen LogP contribution in [0, 0.1) is 11.7 Å². The molecule has 0 saturated heterocycles. The second-order valence-corrected chi connectivity index (χ2v) is 4.19. The van der Waals surface area contributed by atoms with Crippen molar-refractivity contribution in [2.24, 2.45) is 5.92 Å². The molecule has 19 heavy (non-hydrogen) atoms. The first-order valence-corrected chi connectivity index (χ1v) is 5.51. The Bertz CT molecular complexity index is 460. The standard InChI is InChI=1S/C12H13F4NO2/c1-7(6-18)5-17-11(19)9-3-2-8(13)4-10(9)12(14,15)16/h2-4,7,18H,5-6H2,1H3,(H,17,19). The number of carbonyl (C=O) groups is 1. The molecule has 0 aliphatic carbocycles. The van der Waals surface area contributed by atoms with Gasteiger partial charge in [-0.15, -0.1) is 0 Å². The van der Waals surface area contributed by atoms with Gasteiger partial charge in [-0.1, -0.05) is 6.92 Å². The van der Waals surface area contributed by atoms with Crippen molar-refractivity contribution in [1.29, 1.82) is 0 Å². The highest BCUT2D eigenvalue weighted by atomic mass is 19.4. The number of carbonyl (C=O) groups excluding carboxylic acids is 1. The maximum absolute atomic E-state index is 12.8. The number of alkyl halides is 3. The Hall–Kier alpha value is -1.63. The van der Waals surface area contributed by atoms with Crippen molar-refractivity contribution in [2.45, 2.75) is 13.1 Å². The third-order valence-electron chi connectivity index (χ3n) is 2.45. The van der Waals surface area contributed by atoms with Crippen molar-refractivity contribution in [2.75, 3.05) is 13.2 Å². The lowest BCUT2D eigenvalue weighted by atomic mass is 10.1. The smallest absolute Gasteiger partial charge is 0.396 e. The second-order valence-electron chi connectivity index (χ2n) is 4.19. The second kappa shape index (κ2) is 6.01. The maximum atomic E-state index is 12.8. The Kier molecular flexibility index (Phi) is 4.88. The van der Waals surface area contributed by atoms with Gasteiger partial charge in [0.1, 0.15) is 5.82 Å². The lowest BCUT2D eigenvalue weighted by molar-refractivity contribution is -0.138. The van der Waals surface area contributed by atoms with Gasteiger partial charge in [0, 0.05) is 13.2 Å². The molecule has 1 amide bonds. The van der Waals surface area contributed by atoms with Crippen LogP contribution in [0.2, 0.25) is 0 Å². The van der Waals surface area contributed by atoms with Crippen LogP contribution in [0.1, 0.15) is 22.8 Å². The topological polar surface area (TPSA) is 49.3 Å². The fourth-order valence-electron chi connectivity index (χ4n) is 1.38. The molecule has 1 rings (SSSR count). The molecular formula is C12H13F4NO2. The molecular weight excluding hydrogens is 266 g/mol. The molecule has 106 valence electrons. The van der Waals surface area contributed by atoms with Crippen molar-refractivity contribution in [3.63, 3.8) is 0 Å². The zero-order valence-electron chi connectivity index (χ0n) is 10.1. The molecule has 0 aromatic heterocycles. The van der Waals surface area contributed by atoms with Gasteiger partial charge in [-0.3, -0.25) is 4.79 Å². The Morgan fingerprint density at radius 1 is 1.42 bits per heavy atom. The van der Waals surface area contributed by atoms with Crippen LogP contribution >= 0.6 is 0 Å². The molecule has 0 aliphatic rings. The molecule has 7 heteroatoms. The minimum absolute atomic E-state index is 0.0318. The molecule has 1 aromatic carbocycles. The Labute approximate surface area is 107 Å². The van der Waals surface area contributed by atoms with Crippen LogP contribution in [0.3, 0.4) is 0 Å². The number of nitrogens with one attached hydrogen (secondary N) is 1. The largest absolute Gasteiger partial charge is 0.417 e. The summed E-state index contributed by atoms with van der Waals surface area (Å²) in [4.78, 5) is 11.6. The molecule has 1 aromatic rings. The van der Waals surface area contributed by atoms with Crippen molar-refractivity contribution >= 4 is 5.91 Å². The summed E-state index contributed by atoms with van der Waals surface area (Å²) in [6, 6.07) is 1.86. The fraction of sp³-hybridized carbons (Fsp3) is 0.417. The van der Waals surface area contributed by atoms with Gasteiger partial charge in [-0.05, 0) is 24.1 Å². The fourth-order valence-corrected chi connectivity index (χ4v) is 1.38. The molecule has 0 aliphatic heterocycles. The number of rotatable bonds is 4. The van der Waals surface area contributed by atoms with Crippen LogP contribution < -0.4 is 5.32 Å². The highest BCUT2D eigenvalue weighted by molar-refractivity contribution is 5.95. The summed E-state index contributed by atoms with van der Waals surface area (Å²) in [5.74, 6) is -2.29. The first-order valence-electron chi connectivity index (χ1n) is 5.51. The number of aliphatic hydroxyl groups excluding tert-OH is 1. The van der Waals surface area contributed by atoms with E-state index in [1.807, 2.05) is 0 Å². The monoisotopic (exact) mass is 279 g/mol. The number of aliphatic hydroxyl groups is 1. The zero-order chi connectivity index (χ0) is 14.6. The summed E-state index contributed by atoms with van der Waals surface area (Å²) in [6.07, 6.45) is -4.81. The highest BCUT2D eigenvalue weighted by Gasteiger charge is 2.35. The van der Waals surface area contributed by atoms with Gasteiger partial charge >= 0.3 is 6.18 Å². The molecule has 0 spiro atoms. The zero-order valence-corrected chi connectivity index (χ0v) is 10.1. The van der Waals surface area contributed by atoms with Gasteiger partial charge in [0.2, 0.25) is 0 Å². The van der Waals surface area contributed by atoms with E-state index in [0.29, 0.717) is 0 Å². The predicted octanol–water partition coefficient (Wildman–Crippen LogP) is 2.20. The highest BCUT2D eigenvalue weighted by Crippen LogP contribution is 2.32. The van der Waals surface area contributed by atoms with Crippen molar-refractivity contribution in [3.8, 4) is 0 Å². The van der Waals surface area contributed by atoms with Gasteiger partial charge in [0.25, 0.3) is 5.91 Å². The summed E-state index contributed by atoms with van der Waals surface area (Å²) in [6.45, 7) is 1.45. The van der Waals surface area contributed by atoms with E-state index in [1.165, 1.54) is 0 Å². The van der Waals surface area contributed by atoms with Crippen molar-refractivity contribution in [1.82, 2.24) is 5.32 Å². The van der Waals surface area contributed by atoms with E-state index in [2.05, 4.69) is 5.32 Å². The molecule has 1 atom stereocenters. The average molecular weight is 279 g/mol. The number of halogens is 4. The predicted molar refractivity (Wildman–Crippen MR) is 60.0 cm³/mol. The number of hydrogen-bond donors (Lipinski definition) is 2. The lowest BCUT2D eigenvalue weighted by Crippen LogP contribution is -2.31. The lowest BCUT2D eigenvalue weighted by Gasteiger charge is -2.14. The maximum Gasteiger partial charge on any atom is 0.417 e. The van der Waals surface area contributed by atoms with Crippen LogP contribution in [0.25, 0.3) is 0 Å². The summed E-state index contributed by atoms with van der Waals surface area (Å²) in [7, 11) is 0. The minimum atomic E-state index is -4.81. The van der Waals surface area contributed by atoms with E-state index in [-0.39, 0.29) is 25.1 Å². The quantitative estimate of drug-likeness (QED) is 0.830. The number of hydrogen-bond acceptors (Lipinski definition) is 2. The average Bonchev–Trinajstić information content (AvgIpc) is 2.34. The van der Waals surface area contributed by atoms with Crippen LogP contribution in [-0.2, 0) is 6.18 Å². The third kappa shape index (κ3) is 4.20. The summed E-state index contributed by atoms with van der Waals surface area (Å²) >= 11 is 0. The first-order chi connectivity index (χ1) is 8.75. The van der Waals surface area contributed by atoms with E-state index in [9.17, 15) is 22.4 Å². The Balaban J connectivity index is 2.97. The summed E-state index contributed by atoms with van der Waals surface area (Å²) in [5.41, 5.74) is -1.96. The minimum Gasteiger partial charge on any atom is -0.396 e. The molecule has 1 unspecified atom stereocenters. The SMILES string of the molecule is CC(CO)CNC(=O)c1ccc(F)cc1C(F)(F)F. The van der Waals surface area contributed by atoms with Crippen molar-refractivity contribution < 1.29 is 27.5 Å². The van der Waals surface area contributed by atoms with E-state index < -0.39 is 29.0 Å². The van der Waals surface area contributed by atoms with E-state index in [1.54, 1.807) is 6.92 Å². The van der Waals surface area contributed by atoms with Gasteiger partial charge in [0.05, 0.1) is 11.1 Å². The van der Waals surface area contributed by atoms with Crippen LogP contribution in [-0.4, -0.2) is 24.2 Å². The molecule has 3 nitrogen and oxygen atoms in total. The third-order valence-corrected chi connectivity index (χ3v) is 2.45. The van der Waals surface area contributed by atoms with Gasteiger partial charge < -0.3 is 10.4 Å². The molecule has 0 saturated carbocycles. The molecule has 0 heterocycles. The molecule has 2 N–H and O–H groups in total. The molecule has 0 fully saturated rings. The molecule has 0 radical (unpaired) electrons. The normalized spacial score (nSPS) is 13.2. The van der Waals surface area contributed by atoms with Crippen molar-refractivity contribution in [3.05, 3.63) is 35.1 Å². The number of amides is 1. The van der Waals surface area contributed by atoms with E-state index >= 15 is 0 Å².